The summed E-state index contributed by atoms with van der Waals surface area (Å²) < 4.78 is 10.8. The van der Waals surface area contributed by atoms with Gasteiger partial charge in [-0.25, -0.2) is 15.4 Å². The molecule has 1 unspecified atom stereocenters. The largest absolute Gasteiger partial charge is 0.454 e. The van der Waals surface area contributed by atoms with Crippen LogP contribution in [0.25, 0.3) is 0 Å². The normalized spacial score (nSPS) is 22.8. The number of aromatic nitrogens is 2. The van der Waals surface area contributed by atoms with E-state index in [4.69, 9.17) is 14.7 Å². The molecule has 4 heterocycles. The third kappa shape index (κ3) is 2.09. The number of hydroxylamine groups is 1. The van der Waals surface area contributed by atoms with Crippen LogP contribution in [0.15, 0.2) is 30.6 Å². The second-order valence-electron chi connectivity index (χ2n) is 6.19. The molecule has 0 aliphatic carbocycles. The summed E-state index contributed by atoms with van der Waals surface area (Å²) in [4.78, 5) is 24.2. The SMILES string of the molecule is O=C(NO)c1cnc(N2C[C@@H]3C2CN3c2ccc3c(c2)OCO3)nc1. The van der Waals surface area contributed by atoms with E-state index in [2.05, 4.69) is 19.8 Å². The Balaban J connectivity index is 1.27. The minimum atomic E-state index is -0.620. The first-order chi connectivity index (χ1) is 12.2. The molecule has 9 heteroatoms. The topological polar surface area (TPSA) is 100 Å². The zero-order chi connectivity index (χ0) is 17.0. The number of nitrogens with zero attached hydrogens (tertiary/aromatic N) is 4. The third-order valence-corrected chi connectivity index (χ3v) is 4.96. The van der Waals surface area contributed by atoms with Gasteiger partial charge in [0.25, 0.3) is 5.91 Å². The number of nitrogens with one attached hydrogen (secondary N) is 1. The number of ether oxygens (including phenoxy) is 2. The van der Waals surface area contributed by atoms with E-state index in [9.17, 15) is 4.79 Å². The van der Waals surface area contributed by atoms with Gasteiger partial charge in [0.1, 0.15) is 0 Å². The molecular formula is C16H15N5O4. The molecule has 0 spiro atoms. The number of fused-ring (bicyclic) bond motifs is 2. The van der Waals surface area contributed by atoms with Gasteiger partial charge in [-0.1, -0.05) is 0 Å². The molecule has 2 N–H and O–H groups in total. The van der Waals surface area contributed by atoms with Crippen LogP contribution in [-0.4, -0.2) is 53.0 Å². The fourth-order valence-electron chi connectivity index (χ4n) is 3.50. The summed E-state index contributed by atoms with van der Waals surface area (Å²) in [5, 5.41) is 8.62. The summed E-state index contributed by atoms with van der Waals surface area (Å²) in [5.41, 5.74) is 2.92. The Hall–Kier alpha value is -3.07. The number of benzene rings is 1. The number of piperazine rings is 1. The van der Waals surface area contributed by atoms with Crippen molar-refractivity contribution in [1.82, 2.24) is 15.4 Å². The van der Waals surface area contributed by atoms with Crippen LogP contribution < -0.4 is 24.8 Å². The summed E-state index contributed by atoms with van der Waals surface area (Å²) in [5.74, 6) is 1.56. The van der Waals surface area contributed by atoms with E-state index in [1.807, 2.05) is 18.2 Å². The van der Waals surface area contributed by atoms with Crippen molar-refractivity contribution >= 4 is 17.5 Å². The minimum Gasteiger partial charge on any atom is -0.454 e. The monoisotopic (exact) mass is 341 g/mol. The molecule has 1 aromatic heterocycles. The molecule has 5 rings (SSSR count). The van der Waals surface area contributed by atoms with Crippen molar-refractivity contribution in [1.29, 1.82) is 0 Å². The van der Waals surface area contributed by atoms with Gasteiger partial charge in [0.05, 0.1) is 17.6 Å². The Morgan fingerprint density at radius 2 is 1.84 bits per heavy atom. The van der Waals surface area contributed by atoms with Crippen LogP contribution in [0, 0.1) is 0 Å². The summed E-state index contributed by atoms with van der Waals surface area (Å²) in [6.07, 6.45) is 2.82. The second-order valence-corrected chi connectivity index (χ2v) is 6.19. The Morgan fingerprint density at radius 3 is 2.56 bits per heavy atom. The number of hydrogen-bond acceptors (Lipinski definition) is 8. The summed E-state index contributed by atoms with van der Waals surface area (Å²) >= 11 is 0. The average molecular weight is 341 g/mol. The van der Waals surface area contributed by atoms with Crippen molar-refractivity contribution in [3.8, 4) is 11.5 Å². The van der Waals surface area contributed by atoms with Crippen LogP contribution in [0.4, 0.5) is 11.6 Å². The van der Waals surface area contributed by atoms with Crippen molar-refractivity contribution < 1.29 is 19.5 Å². The molecule has 0 radical (unpaired) electrons. The van der Waals surface area contributed by atoms with Gasteiger partial charge < -0.3 is 19.3 Å². The highest BCUT2D eigenvalue weighted by Gasteiger charge is 2.52. The predicted molar refractivity (Wildman–Crippen MR) is 86.1 cm³/mol. The minimum absolute atomic E-state index is 0.221. The van der Waals surface area contributed by atoms with Gasteiger partial charge in [0.2, 0.25) is 12.7 Å². The van der Waals surface area contributed by atoms with Crippen LogP contribution in [0.2, 0.25) is 0 Å². The lowest BCUT2D eigenvalue weighted by molar-refractivity contribution is 0.0705. The lowest BCUT2D eigenvalue weighted by atomic mass is 9.85. The first-order valence-corrected chi connectivity index (χ1v) is 7.94. The number of carbonyl (C=O) groups is 1. The summed E-state index contributed by atoms with van der Waals surface area (Å²) in [6.45, 7) is 1.98. The molecule has 0 bridgehead atoms. The number of anilines is 2. The number of rotatable bonds is 3. The van der Waals surface area contributed by atoms with E-state index in [-0.39, 0.29) is 12.4 Å². The molecule has 2 saturated heterocycles. The van der Waals surface area contributed by atoms with Crippen molar-refractivity contribution in [3.05, 3.63) is 36.2 Å². The smallest absolute Gasteiger partial charge is 0.277 e. The van der Waals surface area contributed by atoms with Gasteiger partial charge in [-0.2, -0.15) is 0 Å². The zero-order valence-electron chi connectivity index (χ0n) is 13.1. The molecule has 128 valence electrons. The van der Waals surface area contributed by atoms with E-state index in [0.29, 0.717) is 18.0 Å². The lowest BCUT2D eigenvalue weighted by Crippen LogP contribution is -2.79. The number of amides is 1. The number of carbonyl (C=O) groups excluding carboxylic acids is 1. The van der Waals surface area contributed by atoms with E-state index in [1.165, 1.54) is 12.4 Å². The molecule has 9 nitrogen and oxygen atoms in total. The van der Waals surface area contributed by atoms with Gasteiger partial charge in [-0.3, -0.25) is 10.0 Å². The highest BCUT2D eigenvalue weighted by molar-refractivity contribution is 5.92. The molecule has 25 heavy (non-hydrogen) atoms. The van der Waals surface area contributed by atoms with Crippen LogP contribution in [0.1, 0.15) is 10.4 Å². The molecule has 2 fully saturated rings. The lowest BCUT2D eigenvalue weighted by Gasteiger charge is -2.62. The third-order valence-electron chi connectivity index (χ3n) is 4.96. The summed E-state index contributed by atoms with van der Waals surface area (Å²) in [7, 11) is 0. The molecule has 2 atom stereocenters. The van der Waals surface area contributed by atoms with E-state index >= 15 is 0 Å². The fraction of sp³-hybridized carbons (Fsp3) is 0.312. The van der Waals surface area contributed by atoms with Crippen LogP contribution in [0.5, 0.6) is 11.5 Å². The van der Waals surface area contributed by atoms with Crippen molar-refractivity contribution in [3.63, 3.8) is 0 Å². The van der Waals surface area contributed by atoms with E-state index in [0.717, 1.165) is 30.3 Å². The molecular weight excluding hydrogens is 326 g/mol. The average Bonchev–Trinajstić information content (AvgIpc) is 3.10. The van der Waals surface area contributed by atoms with Gasteiger partial charge in [0, 0.05) is 37.2 Å². The van der Waals surface area contributed by atoms with Crippen LogP contribution >= 0.6 is 0 Å². The Bertz CT molecular complexity index is 843. The van der Waals surface area contributed by atoms with Crippen LogP contribution in [0.3, 0.4) is 0 Å². The highest BCUT2D eigenvalue weighted by atomic mass is 16.7. The van der Waals surface area contributed by atoms with Gasteiger partial charge >= 0.3 is 0 Å². The Labute approximate surface area is 142 Å². The molecule has 2 aromatic rings. The summed E-state index contributed by atoms with van der Waals surface area (Å²) in [6, 6.07) is 6.79. The van der Waals surface area contributed by atoms with Crippen LogP contribution in [-0.2, 0) is 0 Å². The van der Waals surface area contributed by atoms with Gasteiger partial charge in [-0.15, -0.1) is 0 Å². The van der Waals surface area contributed by atoms with E-state index in [1.54, 1.807) is 5.48 Å². The highest BCUT2D eigenvalue weighted by Crippen LogP contribution is 2.42. The number of hydrogen-bond donors (Lipinski definition) is 2. The maximum Gasteiger partial charge on any atom is 0.277 e. The molecule has 3 aliphatic heterocycles. The van der Waals surface area contributed by atoms with Gasteiger partial charge in [-0.05, 0) is 12.1 Å². The fourth-order valence-corrected chi connectivity index (χ4v) is 3.50. The maximum atomic E-state index is 11.3. The second kappa shape index (κ2) is 5.21. The van der Waals surface area contributed by atoms with Crippen molar-refractivity contribution in [2.45, 2.75) is 12.1 Å². The predicted octanol–water partition coefficient (Wildman–Crippen LogP) is 0.402. The molecule has 3 aliphatic rings. The van der Waals surface area contributed by atoms with Gasteiger partial charge in [0.15, 0.2) is 11.5 Å². The Morgan fingerprint density at radius 1 is 1.12 bits per heavy atom. The molecule has 0 saturated carbocycles. The van der Waals surface area contributed by atoms with Crippen molar-refractivity contribution in [2.24, 2.45) is 0 Å². The molecule has 1 aromatic carbocycles. The van der Waals surface area contributed by atoms with Crippen molar-refractivity contribution in [2.75, 3.05) is 29.7 Å². The maximum absolute atomic E-state index is 11.3. The zero-order valence-corrected chi connectivity index (χ0v) is 13.1. The quantitative estimate of drug-likeness (QED) is 0.611. The first kappa shape index (κ1) is 14.3. The molecule has 1 amide bonds. The first-order valence-electron chi connectivity index (χ1n) is 7.94. The van der Waals surface area contributed by atoms with E-state index < -0.39 is 5.91 Å². The standard InChI is InChI=1S/C16H15N5O4/c22-15(19-23)9-4-17-16(18-5-9)21-7-11-12(21)6-20(11)10-1-2-13-14(3-10)25-8-24-13/h1-5,11-12,23H,6-8H2,(H,19,22)/t11-,12?/m1/s1. The Kier molecular flexibility index (Phi) is 2.98.